The summed E-state index contributed by atoms with van der Waals surface area (Å²) >= 11 is 0. The number of Topliss-reactive ketones (excluding diaryl/α,β-unsaturated/α-hetero) is 1. The molecule has 14 heteroatoms. The highest BCUT2D eigenvalue weighted by atomic mass is 33.1. The standard InChI is InChI=1S/C59H107N3O9S2/c1-3-5-7-23-36-54(63)38-25-17-13-9-11-15-19-27-41-57(66)69-49-33-31-47-62(59(68)71-51-53-73-72-52-43-60-56(65)40-35-46-61-44-29-21-22-30-45-61)48-32-34-50-70-58(67)42-28-20-16-12-10-14-18-26-39-55(64)37-24-8-6-4-2/h17-18,25-26,54,63H,3-16,19-24,27-53H2,1-2H3,(H,60,65)/b25-17-,26-18-/t54-/m0/s1. The molecule has 1 aliphatic heterocycles. The third-order valence-electron chi connectivity index (χ3n) is 13.3. The lowest BCUT2D eigenvalue weighted by atomic mass is 10.1. The molecule has 0 aromatic carbocycles. The van der Waals surface area contributed by atoms with E-state index >= 15 is 0 Å². The maximum atomic E-state index is 13.2. The molecule has 2 N–H and O–H groups in total. The van der Waals surface area contributed by atoms with Gasteiger partial charge in [-0.05, 0) is 122 Å². The Morgan fingerprint density at radius 1 is 0.562 bits per heavy atom. The second-order valence-electron chi connectivity index (χ2n) is 20.2. The lowest BCUT2D eigenvalue weighted by Gasteiger charge is -2.22. The van der Waals surface area contributed by atoms with Crippen LogP contribution in [-0.2, 0) is 33.4 Å². The number of likely N-dealkylation sites (tertiary alicyclic amines) is 1. The molecule has 0 aromatic heterocycles. The molecular formula is C59H107N3O9S2. The van der Waals surface area contributed by atoms with Crippen LogP contribution in [0.1, 0.15) is 245 Å². The van der Waals surface area contributed by atoms with E-state index in [-0.39, 0.29) is 36.6 Å². The van der Waals surface area contributed by atoms with Crippen LogP contribution < -0.4 is 5.32 Å². The molecule has 73 heavy (non-hydrogen) atoms. The Hall–Kier alpha value is -2.55. The van der Waals surface area contributed by atoms with Crippen molar-refractivity contribution in [2.45, 2.75) is 251 Å². The number of hydrogen-bond acceptors (Lipinski definition) is 12. The number of allylic oxidation sites excluding steroid dienone is 3. The molecule has 12 nitrogen and oxygen atoms in total. The first-order chi connectivity index (χ1) is 35.7. The van der Waals surface area contributed by atoms with Crippen molar-refractivity contribution in [3.05, 3.63) is 24.3 Å². The van der Waals surface area contributed by atoms with E-state index in [0.29, 0.717) is 102 Å². The minimum atomic E-state index is -0.366. The Kier molecular flexibility index (Phi) is 49.6. The van der Waals surface area contributed by atoms with Gasteiger partial charge in [-0.1, -0.05) is 156 Å². The highest BCUT2D eigenvalue weighted by Gasteiger charge is 2.16. The molecule has 0 spiro atoms. The molecule has 0 aromatic rings. The van der Waals surface area contributed by atoms with Crippen molar-refractivity contribution in [1.29, 1.82) is 0 Å². The van der Waals surface area contributed by atoms with Crippen LogP contribution in [-0.4, -0.2) is 121 Å². The lowest BCUT2D eigenvalue weighted by Crippen LogP contribution is -2.34. The summed E-state index contributed by atoms with van der Waals surface area (Å²) in [4.78, 5) is 66.5. The third kappa shape index (κ3) is 47.6. The van der Waals surface area contributed by atoms with E-state index in [9.17, 15) is 29.1 Å². The molecule has 1 fully saturated rings. The minimum Gasteiger partial charge on any atom is -0.466 e. The highest BCUT2D eigenvalue weighted by molar-refractivity contribution is 8.76. The van der Waals surface area contributed by atoms with Crippen molar-refractivity contribution < 1.29 is 43.3 Å². The van der Waals surface area contributed by atoms with Gasteiger partial charge in [0.15, 0.2) is 0 Å². The molecule has 424 valence electrons. The summed E-state index contributed by atoms with van der Waals surface area (Å²) in [6.07, 6.45) is 42.5. The van der Waals surface area contributed by atoms with Crippen LogP contribution in [0.25, 0.3) is 0 Å². The average Bonchev–Trinajstić information content (AvgIpc) is 3.66. The van der Waals surface area contributed by atoms with Gasteiger partial charge >= 0.3 is 18.0 Å². The summed E-state index contributed by atoms with van der Waals surface area (Å²) in [6.45, 7) is 10.2. The predicted octanol–water partition coefficient (Wildman–Crippen LogP) is 14.5. The van der Waals surface area contributed by atoms with Crippen molar-refractivity contribution in [1.82, 2.24) is 15.1 Å². The van der Waals surface area contributed by atoms with E-state index < -0.39 is 0 Å². The number of ether oxygens (including phenoxy) is 3. The van der Waals surface area contributed by atoms with Crippen LogP contribution in [0.3, 0.4) is 0 Å². The average molecular weight is 1070 g/mol. The fourth-order valence-electron chi connectivity index (χ4n) is 8.74. The summed E-state index contributed by atoms with van der Waals surface area (Å²) < 4.78 is 16.7. The van der Waals surface area contributed by atoms with Crippen molar-refractivity contribution in [2.75, 3.05) is 70.6 Å². The molecule has 0 unspecified atom stereocenters. The molecule has 0 bridgehead atoms. The molecule has 1 heterocycles. The summed E-state index contributed by atoms with van der Waals surface area (Å²) in [6, 6.07) is 0. The molecule has 1 atom stereocenters. The molecular weight excluding hydrogens is 959 g/mol. The van der Waals surface area contributed by atoms with Gasteiger partial charge in [0.1, 0.15) is 12.4 Å². The maximum absolute atomic E-state index is 13.2. The molecule has 1 saturated heterocycles. The fourth-order valence-corrected chi connectivity index (χ4v) is 10.5. The third-order valence-corrected chi connectivity index (χ3v) is 15.7. The van der Waals surface area contributed by atoms with Crippen LogP contribution in [0.5, 0.6) is 0 Å². The van der Waals surface area contributed by atoms with Gasteiger partial charge < -0.3 is 34.4 Å². The number of amides is 2. The van der Waals surface area contributed by atoms with Gasteiger partial charge in [0.2, 0.25) is 5.91 Å². The number of ketones is 1. The van der Waals surface area contributed by atoms with E-state index in [4.69, 9.17) is 14.2 Å². The first-order valence-corrected chi connectivity index (χ1v) is 32.2. The van der Waals surface area contributed by atoms with E-state index in [1.807, 2.05) is 6.08 Å². The molecule has 0 saturated carbocycles. The summed E-state index contributed by atoms with van der Waals surface area (Å²) in [5, 5.41) is 13.1. The van der Waals surface area contributed by atoms with Crippen LogP contribution in [0, 0.1) is 0 Å². The van der Waals surface area contributed by atoms with Crippen molar-refractivity contribution in [3.63, 3.8) is 0 Å². The number of aliphatic hydroxyl groups is 1. The van der Waals surface area contributed by atoms with Crippen LogP contribution in [0.15, 0.2) is 24.3 Å². The van der Waals surface area contributed by atoms with E-state index in [0.717, 1.165) is 141 Å². The van der Waals surface area contributed by atoms with Crippen molar-refractivity contribution in [2.24, 2.45) is 0 Å². The normalized spacial score (nSPS) is 13.6. The maximum Gasteiger partial charge on any atom is 0.409 e. The largest absolute Gasteiger partial charge is 0.466 e. The number of carbonyl (C=O) groups is 5. The smallest absolute Gasteiger partial charge is 0.409 e. The Labute approximate surface area is 453 Å². The molecule has 0 radical (unpaired) electrons. The first-order valence-electron chi connectivity index (χ1n) is 29.7. The zero-order chi connectivity index (χ0) is 52.9. The van der Waals surface area contributed by atoms with Crippen LogP contribution in [0.4, 0.5) is 4.79 Å². The zero-order valence-electron chi connectivity index (χ0n) is 46.5. The van der Waals surface area contributed by atoms with Crippen LogP contribution in [0.2, 0.25) is 0 Å². The Morgan fingerprint density at radius 3 is 1.74 bits per heavy atom. The summed E-state index contributed by atoms with van der Waals surface area (Å²) in [5.74, 6) is 1.53. The number of carbonyl (C=O) groups excluding carboxylic acids is 5. The monoisotopic (exact) mass is 1070 g/mol. The number of hydrogen-bond donors (Lipinski definition) is 2. The number of nitrogens with one attached hydrogen (secondary N) is 1. The zero-order valence-corrected chi connectivity index (χ0v) is 48.2. The topological polar surface area (TPSA) is 152 Å². The quantitative estimate of drug-likeness (QED) is 0.0196. The minimum absolute atomic E-state index is 0.112. The van der Waals surface area contributed by atoms with Gasteiger partial charge in [0.25, 0.3) is 0 Å². The Balaban J connectivity index is 2.29. The number of nitrogens with zero attached hydrogens (tertiary/aromatic N) is 2. The first kappa shape index (κ1) is 68.5. The Bertz CT molecular complexity index is 1390. The number of aliphatic hydroxyl groups excluding tert-OH is 1. The van der Waals surface area contributed by atoms with Gasteiger partial charge in [0, 0.05) is 63.2 Å². The fraction of sp³-hybridized carbons (Fsp3) is 0.847. The summed E-state index contributed by atoms with van der Waals surface area (Å²) in [5.41, 5.74) is 0. The number of esters is 2. The second kappa shape index (κ2) is 52.9. The predicted molar refractivity (Wildman–Crippen MR) is 306 cm³/mol. The molecule has 1 rings (SSSR count). The van der Waals surface area contributed by atoms with Crippen molar-refractivity contribution in [3.8, 4) is 0 Å². The Morgan fingerprint density at radius 2 is 1.11 bits per heavy atom. The highest BCUT2D eigenvalue weighted by Crippen LogP contribution is 2.20. The second-order valence-corrected chi connectivity index (χ2v) is 22.9. The van der Waals surface area contributed by atoms with Gasteiger partial charge in [-0.3, -0.25) is 19.2 Å². The van der Waals surface area contributed by atoms with Crippen LogP contribution >= 0.6 is 21.6 Å². The van der Waals surface area contributed by atoms with Crippen molar-refractivity contribution >= 4 is 51.3 Å². The van der Waals surface area contributed by atoms with E-state index in [1.165, 1.54) is 57.8 Å². The van der Waals surface area contributed by atoms with Gasteiger partial charge in [-0.25, -0.2) is 4.79 Å². The summed E-state index contributed by atoms with van der Waals surface area (Å²) in [7, 11) is 3.29. The number of unbranched alkanes of at least 4 members (excludes halogenated alkanes) is 18. The molecule has 0 aliphatic carbocycles. The molecule has 1 aliphatic rings. The van der Waals surface area contributed by atoms with Gasteiger partial charge in [-0.15, -0.1) is 0 Å². The van der Waals surface area contributed by atoms with E-state index in [1.54, 1.807) is 26.5 Å². The SMILES string of the molecule is CCCCCCC(=O)C/C=C\CCCCCCCC(=O)OCCCCN(CCCCOC(=O)CCCCCCC/C=C\C[C@@H](O)CCCCCC)C(=O)OCCSSCCNC(=O)CCCN1CCCCCC1. The molecule has 2 amide bonds. The van der Waals surface area contributed by atoms with Gasteiger partial charge in [-0.2, -0.15) is 0 Å². The number of rotatable bonds is 51. The van der Waals surface area contributed by atoms with E-state index in [2.05, 4.69) is 42.3 Å². The lowest BCUT2D eigenvalue weighted by molar-refractivity contribution is -0.144. The van der Waals surface area contributed by atoms with Gasteiger partial charge in [0.05, 0.1) is 19.3 Å².